The summed E-state index contributed by atoms with van der Waals surface area (Å²) in [6.07, 6.45) is 3.53. The fourth-order valence-electron chi connectivity index (χ4n) is 3.70. The van der Waals surface area contributed by atoms with E-state index in [1.165, 1.54) is 0 Å². The number of nitrogens with zero attached hydrogens (tertiary/aromatic N) is 3. The molecule has 4 rings (SSSR count). The van der Waals surface area contributed by atoms with Crippen LogP contribution >= 0.6 is 11.8 Å². The van der Waals surface area contributed by atoms with Crippen molar-refractivity contribution in [2.75, 3.05) is 13.2 Å². The molecule has 2 aromatic heterocycles. The van der Waals surface area contributed by atoms with E-state index in [0.29, 0.717) is 43.2 Å². The Morgan fingerprint density at radius 2 is 1.87 bits per heavy atom. The van der Waals surface area contributed by atoms with Crippen LogP contribution in [0, 0.1) is 0 Å². The van der Waals surface area contributed by atoms with E-state index in [2.05, 4.69) is 18.8 Å². The van der Waals surface area contributed by atoms with Crippen LogP contribution in [0.3, 0.4) is 0 Å². The third-order valence-electron chi connectivity index (χ3n) is 5.23. The van der Waals surface area contributed by atoms with Crippen LogP contribution in [0.15, 0.2) is 32.7 Å². The molecule has 3 aromatic rings. The number of aryl methyl sites for hydroxylation is 2. The van der Waals surface area contributed by atoms with Crippen LogP contribution < -0.4 is 20.7 Å². The van der Waals surface area contributed by atoms with Gasteiger partial charge in [0, 0.05) is 24.4 Å². The second kappa shape index (κ2) is 9.64. The van der Waals surface area contributed by atoms with Crippen LogP contribution in [-0.2, 0) is 18.8 Å². The van der Waals surface area contributed by atoms with E-state index in [-0.39, 0.29) is 5.56 Å². The van der Waals surface area contributed by atoms with E-state index >= 15 is 0 Å². The molecule has 31 heavy (non-hydrogen) atoms. The minimum atomic E-state index is -0.394. The molecule has 1 aliphatic heterocycles. The fraction of sp³-hybridized carbons (Fsp3) is 0.500. The molecule has 0 saturated heterocycles. The zero-order chi connectivity index (χ0) is 21.8. The maximum atomic E-state index is 12.6. The number of rotatable bonds is 8. The predicted octanol–water partition coefficient (Wildman–Crippen LogP) is 3.55. The van der Waals surface area contributed by atoms with E-state index in [1.807, 2.05) is 22.8 Å². The highest BCUT2D eigenvalue weighted by Gasteiger charge is 2.19. The summed E-state index contributed by atoms with van der Waals surface area (Å²) < 4.78 is 15.0. The minimum absolute atomic E-state index is 0.375. The summed E-state index contributed by atoms with van der Waals surface area (Å²) >= 11 is 1.62. The molecule has 3 heterocycles. The number of H-pyrrole nitrogens is 1. The van der Waals surface area contributed by atoms with Crippen molar-refractivity contribution in [1.82, 2.24) is 19.1 Å². The molecule has 0 fully saturated rings. The molecule has 166 valence electrons. The molecular weight excluding hydrogens is 416 g/mol. The number of hydrogen-bond donors (Lipinski definition) is 1. The normalized spacial score (nSPS) is 13.5. The van der Waals surface area contributed by atoms with Crippen molar-refractivity contribution in [1.29, 1.82) is 0 Å². The Labute approximate surface area is 184 Å². The summed E-state index contributed by atoms with van der Waals surface area (Å²) in [6, 6.07) is 5.93. The van der Waals surface area contributed by atoms with Crippen molar-refractivity contribution < 1.29 is 9.47 Å². The SMILES string of the molecule is CCCCn1c(=O)[nH]c(=O)c2c1nc(CSc1ccc3c(c1)OCCCO3)n2CCC. The van der Waals surface area contributed by atoms with Gasteiger partial charge in [-0.25, -0.2) is 9.78 Å². The highest BCUT2D eigenvalue weighted by molar-refractivity contribution is 7.98. The second-order valence-electron chi connectivity index (χ2n) is 7.56. The zero-order valence-corrected chi connectivity index (χ0v) is 18.8. The van der Waals surface area contributed by atoms with Crippen molar-refractivity contribution in [3.63, 3.8) is 0 Å². The molecule has 1 N–H and O–H groups in total. The number of benzene rings is 1. The smallest absolute Gasteiger partial charge is 0.330 e. The number of unbranched alkanes of at least 4 members (excludes halogenated alkanes) is 1. The van der Waals surface area contributed by atoms with Crippen molar-refractivity contribution >= 4 is 22.9 Å². The van der Waals surface area contributed by atoms with Gasteiger partial charge in [-0.05, 0) is 31.0 Å². The molecule has 0 spiro atoms. The average molecular weight is 445 g/mol. The van der Waals surface area contributed by atoms with Gasteiger partial charge in [0.2, 0.25) is 0 Å². The summed E-state index contributed by atoms with van der Waals surface area (Å²) in [5, 5.41) is 0. The van der Waals surface area contributed by atoms with E-state index in [9.17, 15) is 9.59 Å². The summed E-state index contributed by atoms with van der Waals surface area (Å²) in [4.78, 5) is 33.3. The van der Waals surface area contributed by atoms with E-state index in [0.717, 1.165) is 47.9 Å². The van der Waals surface area contributed by atoms with E-state index in [1.54, 1.807) is 16.3 Å². The highest BCUT2D eigenvalue weighted by atomic mass is 32.2. The van der Waals surface area contributed by atoms with Crippen LogP contribution in [-0.4, -0.2) is 32.3 Å². The molecule has 0 radical (unpaired) electrons. The predicted molar refractivity (Wildman–Crippen MR) is 121 cm³/mol. The third kappa shape index (κ3) is 4.51. The van der Waals surface area contributed by atoms with Gasteiger partial charge in [0.05, 0.1) is 19.0 Å². The summed E-state index contributed by atoms with van der Waals surface area (Å²) in [6.45, 7) is 6.65. The van der Waals surface area contributed by atoms with Crippen molar-refractivity contribution in [2.24, 2.45) is 0 Å². The molecule has 0 aliphatic carbocycles. The number of nitrogens with one attached hydrogen (secondary N) is 1. The van der Waals surface area contributed by atoms with Gasteiger partial charge in [0.1, 0.15) is 5.82 Å². The minimum Gasteiger partial charge on any atom is -0.490 e. The van der Waals surface area contributed by atoms with Crippen molar-refractivity contribution in [3.8, 4) is 11.5 Å². The molecule has 1 aliphatic rings. The molecule has 0 amide bonds. The average Bonchev–Trinajstić information content (AvgIpc) is 2.95. The standard InChI is InChI=1S/C22H28N4O4S/c1-3-5-10-26-20-19(21(27)24-22(26)28)25(9-4-2)18(23-20)14-31-15-7-8-16-17(13-15)30-12-6-11-29-16/h7-8,13H,3-6,9-12,14H2,1-2H3,(H,24,27,28). The van der Waals surface area contributed by atoms with Gasteiger partial charge in [-0.2, -0.15) is 0 Å². The number of hydrogen-bond acceptors (Lipinski definition) is 6. The largest absolute Gasteiger partial charge is 0.490 e. The van der Waals surface area contributed by atoms with Gasteiger partial charge in [-0.3, -0.25) is 14.3 Å². The quantitative estimate of drug-likeness (QED) is 0.534. The van der Waals surface area contributed by atoms with Crippen molar-refractivity contribution in [3.05, 3.63) is 44.9 Å². The van der Waals surface area contributed by atoms with Crippen LogP contribution in [0.2, 0.25) is 0 Å². The second-order valence-corrected chi connectivity index (χ2v) is 8.61. The topological polar surface area (TPSA) is 91.1 Å². The monoisotopic (exact) mass is 444 g/mol. The van der Waals surface area contributed by atoms with Gasteiger partial charge < -0.3 is 14.0 Å². The molecular formula is C22H28N4O4S. The lowest BCUT2D eigenvalue weighted by Crippen LogP contribution is -2.31. The Hall–Kier alpha value is -2.68. The van der Waals surface area contributed by atoms with Crippen LogP contribution in [0.4, 0.5) is 0 Å². The molecule has 1 aromatic carbocycles. The van der Waals surface area contributed by atoms with E-state index < -0.39 is 5.69 Å². The number of fused-ring (bicyclic) bond motifs is 2. The Kier molecular flexibility index (Phi) is 6.70. The van der Waals surface area contributed by atoms with Crippen molar-refractivity contribution in [2.45, 2.75) is 63.3 Å². The van der Waals surface area contributed by atoms with Crippen LogP contribution in [0.1, 0.15) is 45.4 Å². The third-order valence-corrected chi connectivity index (χ3v) is 6.22. The zero-order valence-electron chi connectivity index (χ0n) is 18.0. The first-order chi connectivity index (χ1) is 15.1. The summed E-state index contributed by atoms with van der Waals surface area (Å²) in [5.41, 5.74) is 0.187. The summed E-state index contributed by atoms with van der Waals surface area (Å²) in [7, 11) is 0. The van der Waals surface area contributed by atoms with Gasteiger partial charge in [0.15, 0.2) is 22.7 Å². The van der Waals surface area contributed by atoms with Gasteiger partial charge in [-0.1, -0.05) is 20.3 Å². The molecule has 9 heteroatoms. The molecule has 0 saturated carbocycles. The number of aromatic nitrogens is 4. The first-order valence-electron chi connectivity index (χ1n) is 10.9. The Morgan fingerprint density at radius 1 is 1.06 bits per heavy atom. The highest BCUT2D eigenvalue weighted by Crippen LogP contribution is 2.35. The molecule has 0 atom stereocenters. The maximum Gasteiger partial charge on any atom is 0.330 e. The van der Waals surface area contributed by atoms with Gasteiger partial charge in [-0.15, -0.1) is 11.8 Å². The van der Waals surface area contributed by atoms with Gasteiger partial charge >= 0.3 is 5.69 Å². The number of ether oxygens (including phenoxy) is 2. The van der Waals surface area contributed by atoms with E-state index in [4.69, 9.17) is 14.5 Å². The lowest BCUT2D eigenvalue weighted by atomic mass is 10.3. The fourth-order valence-corrected chi connectivity index (χ4v) is 4.57. The Balaban J connectivity index is 1.68. The Bertz CT molecular complexity index is 1180. The molecule has 0 bridgehead atoms. The number of imidazole rings is 1. The molecule has 0 unspecified atom stereocenters. The first-order valence-corrected chi connectivity index (χ1v) is 11.9. The maximum absolute atomic E-state index is 12.6. The number of thioether (sulfide) groups is 1. The van der Waals surface area contributed by atoms with Crippen LogP contribution in [0.25, 0.3) is 11.2 Å². The van der Waals surface area contributed by atoms with Crippen LogP contribution in [0.5, 0.6) is 11.5 Å². The first kappa shape index (κ1) is 21.5. The number of aromatic amines is 1. The summed E-state index contributed by atoms with van der Waals surface area (Å²) in [5.74, 6) is 2.90. The Morgan fingerprint density at radius 3 is 2.65 bits per heavy atom. The lowest BCUT2D eigenvalue weighted by molar-refractivity contribution is 0.297. The molecule has 8 nitrogen and oxygen atoms in total. The van der Waals surface area contributed by atoms with Gasteiger partial charge in [0.25, 0.3) is 5.56 Å². The lowest BCUT2D eigenvalue weighted by Gasteiger charge is -2.10.